The predicted molar refractivity (Wildman–Crippen MR) is 198 cm³/mol. The molecule has 0 radical (unpaired) electrons. The number of thiazole rings is 1. The number of aromatic nitrogens is 2. The van der Waals surface area contributed by atoms with Crippen LogP contribution in [0.4, 0.5) is 21.1 Å². The molecule has 2 saturated heterocycles. The van der Waals surface area contributed by atoms with Crippen LogP contribution in [0.15, 0.2) is 48.3 Å². The summed E-state index contributed by atoms with van der Waals surface area (Å²) >= 11 is 1.42. The molecule has 4 atom stereocenters. The Labute approximate surface area is 311 Å². The van der Waals surface area contributed by atoms with E-state index in [9.17, 15) is 28.8 Å². The van der Waals surface area contributed by atoms with Crippen LogP contribution in [0, 0.1) is 5.92 Å². The lowest BCUT2D eigenvalue weighted by Gasteiger charge is -2.30. The number of hydrogen-bond donors (Lipinski definition) is 4. The van der Waals surface area contributed by atoms with Gasteiger partial charge in [-0.2, -0.15) is 0 Å². The summed E-state index contributed by atoms with van der Waals surface area (Å²) in [5.74, 6) is -1.24. The molecule has 17 heteroatoms. The molecule has 2 aliphatic rings. The van der Waals surface area contributed by atoms with Crippen LogP contribution in [-0.2, 0) is 28.7 Å². The van der Waals surface area contributed by atoms with E-state index in [0.717, 1.165) is 16.0 Å². The predicted octanol–water partition coefficient (Wildman–Crippen LogP) is 3.99. The number of alkyl carbamates (subject to hydrolysis) is 2. The number of ether oxygens (including phenoxy) is 2. The van der Waals surface area contributed by atoms with Crippen molar-refractivity contribution in [3.63, 3.8) is 0 Å². The molecule has 2 fully saturated rings. The summed E-state index contributed by atoms with van der Waals surface area (Å²) in [6.45, 7) is 8.06. The molecule has 0 saturated carbocycles. The van der Waals surface area contributed by atoms with Gasteiger partial charge in [0, 0.05) is 25.0 Å². The molecule has 2 aliphatic heterocycles. The Morgan fingerprint density at radius 1 is 0.830 bits per heavy atom. The van der Waals surface area contributed by atoms with Gasteiger partial charge in [-0.15, -0.1) is 0 Å². The second-order valence-electron chi connectivity index (χ2n) is 13.6. The monoisotopic (exact) mass is 750 g/mol. The van der Waals surface area contributed by atoms with Gasteiger partial charge in [0.05, 0.1) is 25.3 Å². The third kappa shape index (κ3) is 9.14. The SMILES string of the molecule is COC(=O)N[C@@H](C=C(C)C)C(=O)N1CCCC1C(=O)Nc1ccc(-c2cn3cc(NC(=O)C4CCCN4C(=O)[C@@H](NC(=O)OC)C(C)C)nc3s2)cc1. The molecule has 0 aliphatic carbocycles. The number of carbonyl (C=O) groups excluding carboxylic acids is 6. The normalized spacial score (nSPS) is 17.9. The third-order valence-corrected chi connectivity index (χ3v) is 10.2. The molecular formula is C36H46N8O8S. The van der Waals surface area contributed by atoms with Gasteiger partial charge in [-0.05, 0) is 63.1 Å². The highest BCUT2D eigenvalue weighted by Crippen LogP contribution is 2.31. The van der Waals surface area contributed by atoms with Gasteiger partial charge in [0.1, 0.15) is 24.2 Å². The van der Waals surface area contributed by atoms with Crippen molar-refractivity contribution >= 4 is 63.6 Å². The summed E-state index contributed by atoms with van der Waals surface area (Å²) in [6.07, 6.45) is 6.08. The van der Waals surface area contributed by atoms with Crippen molar-refractivity contribution in [1.29, 1.82) is 0 Å². The minimum atomic E-state index is -0.950. The fraction of sp³-hybridized carbons (Fsp3) is 0.472. The summed E-state index contributed by atoms with van der Waals surface area (Å²) in [6, 6.07) is 4.15. The number of hydrogen-bond acceptors (Lipinski definition) is 10. The maximum Gasteiger partial charge on any atom is 0.407 e. The number of benzene rings is 1. The Balaban J connectivity index is 1.20. The van der Waals surface area contributed by atoms with E-state index in [1.807, 2.05) is 46.0 Å². The van der Waals surface area contributed by atoms with Crippen LogP contribution >= 0.6 is 11.3 Å². The van der Waals surface area contributed by atoms with E-state index < -0.39 is 36.4 Å². The molecule has 2 unspecified atom stereocenters. The van der Waals surface area contributed by atoms with E-state index in [1.165, 1.54) is 35.4 Å². The lowest BCUT2D eigenvalue weighted by atomic mass is 10.0. The highest BCUT2D eigenvalue weighted by atomic mass is 32.1. The van der Waals surface area contributed by atoms with Crippen LogP contribution in [0.5, 0.6) is 0 Å². The highest BCUT2D eigenvalue weighted by Gasteiger charge is 2.39. The van der Waals surface area contributed by atoms with E-state index >= 15 is 0 Å². The van der Waals surface area contributed by atoms with Crippen molar-refractivity contribution in [2.45, 2.75) is 77.5 Å². The molecule has 16 nitrogen and oxygen atoms in total. The molecule has 2 aromatic heterocycles. The first-order valence-corrected chi connectivity index (χ1v) is 18.3. The number of rotatable bonds is 11. The van der Waals surface area contributed by atoms with Crippen molar-refractivity contribution in [3.8, 4) is 10.4 Å². The Kier molecular flexibility index (Phi) is 12.4. The Hall–Kier alpha value is -5.45. The molecule has 5 rings (SSSR count). The zero-order valence-corrected chi connectivity index (χ0v) is 31.5. The fourth-order valence-corrected chi connectivity index (χ4v) is 7.47. The van der Waals surface area contributed by atoms with E-state index in [0.29, 0.717) is 55.2 Å². The number of allylic oxidation sites excluding steroid dienone is 1. The summed E-state index contributed by atoms with van der Waals surface area (Å²) < 4.78 is 11.2. The van der Waals surface area contributed by atoms with Crippen LogP contribution in [0.25, 0.3) is 15.4 Å². The topological polar surface area (TPSA) is 193 Å². The smallest absolute Gasteiger partial charge is 0.407 e. The summed E-state index contributed by atoms with van der Waals surface area (Å²) in [4.78, 5) is 86.2. The van der Waals surface area contributed by atoms with Gasteiger partial charge in [-0.3, -0.25) is 23.6 Å². The van der Waals surface area contributed by atoms with Crippen LogP contribution in [0.3, 0.4) is 0 Å². The Morgan fingerprint density at radius 2 is 1.42 bits per heavy atom. The highest BCUT2D eigenvalue weighted by molar-refractivity contribution is 7.20. The van der Waals surface area contributed by atoms with Gasteiger partial charge in [0.25, 0.3) is 0 Å². The summed E-state index contributed by atoms with van der Waals surface area (Å²) in [5, 5.41) is 10.9. The van der Waals surface area contributed by atoms with Gasteiger partial charge in [0.2, 0.25) is 23.6 Å². The molecule has 0 spiro atoms. The fourth-order valence-electron chi connectivity index (χ4n) is 6.50. The van der Waals surface area contributed by atoms with Crippen molar-refractivity contribution in [3.05, 3.63) is 48.3 Å². The van der Waals surface area contributed by atoms with Crippen molar-refractivity contribution in [1.82, 2.24) is 29.8 Å². The Morgan fingerprint density at radius 3 is 1.98 bits per heavy atom. The molecule has 4 N–H and O–H groups in total. The van der Waals surface area contributed by atoms with Gasteiger partial charge in [-0.25, -0.2) is 14.6 Å². The first kappa shape index (κ1) is 38.8. The minimum absolute atomic E-state index is 0.208. The largest absolute Gasteiger partial charge is 0.453 e. The van der Waals surface area contributed by atoms with E-state index in [-0.39, 0.29) is 29.5 Å². The van der Waals surface area contributed by atoms with Crippen LogP contribution in [-0.4, -0.2) is 106 Å². The number of nitrogens with zero attached hydrogens (tertiary/aromatic N) is 4. The summed E-state index contributed by atoms with van der Waals surface area (Å²) in [7, 11) is 2.46. The van der Waals surface area contributed by atoms with E-state index in [2.05, 4.69) is 35.7 Å². The van der Waals surface area contributed by atoms with Crippen molar-refractivity contribution in [2.24, 2.45) is 5.92 Å². The zero-order valence-electron chi connectivity index (χ0n) is 30.6. The molecule has 0 bridgehead atoms. The van der Waals surface area contributed by atoms with Gasteiger partial charge < -0.3 is 40.5 Å². The Bertz CT molecular complexity index is 1850. The van der Waals surface area contributed by atoms with Crippen molar-refractivity contribution in [2.75, 3.05) is 37.9 Å². The van der Waals surface area contributed by atoms with Gasteiger partial charge >= 0.3 is 12.2 Å². The number of imidazole rings is 1. The molecule has 6 amide bonds. The molecule has 4 heterocycles. The first-order chi connectivity index (χ1) is 25.3. The van der Waals surface area contributed by atoms with E-state index in [4.69, 9.17) is 0 Å². The van der Waals surface area contributed by atoms with Gasteiger partial charge in [-0.1, -0.05) is 49.0 Å². The number of nitrogens with one attached hydrogen (secondary N) is 4. The average molecular weight is 751 g/mol. The standard InChI is InChI=1S/C36H46N8O8S/c1-20(2)17-24(38-35(49)51-5)32(47)43-15-7-9-25(43)30(45)37-23-13-11-22(12-14-23)27-18-42-19-28(40-34(42)53-27)39-31(46)26-10-8-16-44(26)33(48)29(21(3)4)41-36(50)52-6/h11-14,17-19,21,24-26,29H,7-10,15-16H2,1-6H3,(H,37,45)(H,38,49)(H,39,46)(H,41,50)/t24-,25?,26?,29-/m0/s1. The molecular weight excluding hydrogens is 705 g/mol. The zero-order chi connectivity index (χ0) is 38.4. The maximum atomic E-state index is 13.4. The quantitative estimate of drug-likeness (QED) is 0.210. The average Bonchev–Trinajstić information content (AvgIpc) is 3.94. The number of anilines is 2. The van der Waals surface area contributed by atoms with Gasteiger partial charge in [0.15, 0.2) is 10.8 Å². The van der Waals surface area contributed by atoms with Crippen molar-refractivity contribution < 1.29 is 38.2 Å². The number of fused-ring (bicyclic) bond motifs is 1. The lowest BCUT2D eigenvalue weighted by Crippen LogP contribution is -2.54. The molecule has 3 aromatic rings. The molecule has 284 valence electrons. The van der Waals surface area contributed by atoms with Crippen LogP contribution < -0.4 is 21.3 Å². The second-order valence-corrected chi connectivity index (χ2v) is 14.6. The first-order valence-electron chi connectivity index (χ1n) is 17.4. The lowest BCUT2D eigenvalue weighted by molar-refractivity contribution is -0.139. The van der Waals surface area contributed by atoms with Crippen LogP contribution in [0.2, 0.25) is 0 Å². The molecule has 1 aromatic carbocycles. The third-order valence-electron chi connectivity index (χ3n) is 9.14. The number of carbonyl (C=O) groups is 6. The number of likely N-dealkylation sites (tertiary alicyclic amines) is 2. The number of amides is 6. The van der Waals surface area contributed by atoms with Crippen LogP contribution in [0.1, 0.15) is 53.4 Å². The summed E-state index contributed by atoms with van der Waals surface area (Å²) in [5.41, 5.74) is 2.29. The molecule has 53 heavy (non-hydrogen) atoms. The second kappa shape index (κ2) is 16.9. The number of methoxy groups -OCH3 is 2. The minimum Gasteiger partial charge on any atom is -0.453 e. The van der Waals surface area contributed by atoms with E-state index in [1.54, 1.807) is 28.8 Å². The maximum absolute atomic E-state index is 13.4.